The number of aliphatic hydroxyl groups is 1. The highest BCUT2D eigenvalue weighted by atomic mass is 16.3. The molecule has 5 rings (SSSR count). The number of fused-ring (bicyclic) bond motifs is 5. The predicted molar refractivity (Wildman–Crippen MR) is 106 cm³/mol. The predicted octanol–water partition coefficient (Wildman–Crippen LogP) is 4.39. The fraction of sp³-hybridized carbons (Fsp3) is 0.480. The summed E-state index contributed by atoms with van der Waals surface area (Å²) in [5, 5.41) is 21.4. The maximum Gasteiger partial charge on any atom is 0.131 e. The van der Waals surface area contributed by atoms with E-state index in [-0.39, 0.29) is 5.41 Å². The number of benzene rings is 1. The van der Waals surface area contributed by atoms with Crippen molar-refractivity contribution in [1.82, 2.24) is 0 Å². The van der Waals surface area contributed by atoms with Gasteiger partial charge in [-0.1, -0.05) is 24.8 Å². The van der Waals surface area contributed by atoms with Crippen LogP contribution in [0.5, 0.6) is 5.75 Å². The van der Waals surface area contributed by atoms with Crippen molar-refractivity contribution in [1.29, 1.82) is 0 Å². The SMILES string of the molecule is C[C@]12CC[C@@H]3c4ccc(O)cc4CC[C@H]3[C@@H]1CC[C@@]2(O)C#C[C]1[CH][CH][CH][CH]1. The number of aryl methyl sites for hydroxylation is 1. The van der Waals surface area contributed by atoms with E-state index >= 15 is 0 Å². The lowest BCUT2D eigenvalue weighted by molar-refractivity contribution is -0.0648. The van der Waals surface area contributed by atoms with Crippen LogP contribution in [0.4, 0.5) is 0 Å². The lowest BCUT2D eigenvalue weighted by atomic mass is 9.53. The largest absolute Gasteiger partial charge is 0.508 e. The first-order valence-corrected chi connectivity index (χ1v) is 10.3. The van der Waals surface area contributed by atoms with Gasteiger partial charge in [-0.3, -0.25) is 0 Å². The van der Waals surface area contributed by atoms with Crippen LogP contribution in [0.2, 0.25) is 0 Å². The minimum atomic E-state index is -0.880. The van der Waals surface area contributed by atoms with E-state index in [1.807, 2.05) is 37.8 Å². The first kappa shape index (κ1) is 17.6. The molecule has 3 saturated carbocycles. The van der Waals surface area contributed by atoms with E-state index in [1.165, 1.54) is 11.1 Å². The molecule has 139 valence electrons. The molecule has 0 saturated heterocycles. The average molecular weight is 359 g/mol. The fourth-order valence-electron chi connectivity index (χ4n) is 6.42. The third kappa shape index (κ3) is 2.65. The molecule has 0 aromatic heterocycles. The third-order valence-electron chi connectivity index (χ3n) is 7.94. The molecule has 4 aliphatic rings. The van der Waals surface area contributed by atoms with Crippen LogP contribution in [0.1, 0.15) is 56.1 Å². The topological polar surface area (TPSA) is 40.5 Å². The monoisotopic (exact) mass is 359 g/mol. The third-order valence-corrected chi connectivity index (χ3v) is 7.94. The summed E-state index contributed by atoms with van der Waals surface area (Å²) in [6.07, 6.45) is 14.2. The van der Waals surface area contributed by atoms with Gasteiger partial charge in [0.05, 0.1) is 5.92 Å². The van der Waals surface area contributed by atoms with Gasteiger partial charge in [-0.15, -0.1) is 0 Å². The smallest absolute Gasteiger partial charge is 0.131 e. The molecule has 1 aromatic rings. The van der Waals surface area contributed by atoms with Gasteiger partial charge in [0, 0.05) is 5.41 Å². The normalized spacial score (nSPS) is 40.6. The molecule has 0 unspecified atom stereocenters. The summed E-state index contributed by atoms with van der Waals surface area (Å²) in [7, 11) is 0. The Morgan fingerprint density at radius 3 is 2.70 bits per heavy atom. The summed E-state index contributed by atoms with van der Waals surface area (Å²) in [5.74, 6) is 9.62. The number of phenols is 1. The number of rotatable bonds is 0. The highest BCUT2D eigenvalue weighted by molar-refractivity contribution is 5.48. The summed E-state index contributed by atoms with van der Waals surface area (Å²) in [5.41, 5.74) is 1.76. The highest BCUT2D eigenvalue weighted by Gasteiger charge is 2.61. The summed E-state index contributed by atoms with van der Waals surface area (Å²) >= 11 is 0. The number of phenolic OH excluding ortho intramolecular Hbond substituents is 1. The second-order valence-electron chi connectivity index (χ2n) is 9.08. The van der Waals surface area contributed by atoms with E-state index in [4.69, 9.17) is 0 Å². The zero-order valence-corrected chi connectivity index (χ0v) is 15.9. The van der Waals surface area contributed by atoms with Gasteiger partial charge in [-0.05, 0) is 105 Å². The van der Waals surface area contributed by atoms with Crippen molar-refractivity contribution in [2.75, 3.05) is 0 Å². The van der Waals surface area contributed by atoms with Crippen LogP contribution < -0.4 is 0 Å². The molecular formula is C25H27O2. The summed E-state index contributed by atoms with van der Waals surface area (Å²) in [6, 6.07) is 5.93. The molecule has 3 fully saturated rings. The average Bonchev–Trinajstić information content (AvgIpc) is 3.26. The van der Waals surface area contributed by atoms with Crippen LogP contribution in [0, 0.1) is 60.7 Å². The summed E-state index contributed by atoms with van der Waals surface area (Å²) < 4.78 is 0. The van der Waals surface area contributed by atoms with E-state index in [1.54, 1.807) is 0 Å². The van der Waals surface area contributed by atoms with Crippen molar-refractivity contribution in [3.05, 3.63) is 60.9 Å². The second-order valence-corrected chi connectivity index (χ2v) is 9.08. The van der Waals surface area contributed by atoms with Crippen LogP contribution in [-0.4, -0.2) is 15.8 Å². The van der Waals surface area contributed by atoms with Crippen LogP contribution in [0.25, 0.3) is 0 Å². The molecule has 2 N–H and O–H groups in total. The zero-order valence-electron chi connectivity index (χ0n) is 15.9. The molecular weight excluding hydrogens is 332 g/mol. The first-order valence-electron chi connectivity index (χ1n) is 10.3. The van der Waals surface area contributed by atoms with E-state index in [0.29, 0.717) is 23.5 Å². The summed E-state index contributed by atoms with van der Waals surface area (Å²) in [6.45, 7) is 2.28. The van der Waals surface area contributed by atoms with Crippen molar-refractivity contribution < 1.29 is 10.2 Å². The Bertz CT molecular complexity index is 796. The Labute approximate surface area is 163 Å². The maximum absolute atomic E-state index is 11.6. The van der Waals surface area contributed by atoms with Crippen molar-refractivity contribution in [2.45, 2.75) is 57.0 Å². The van der Waals surface area contributed by atoms with Gasteiger partial charge < -0.3 is 10.2 Å². The Hall–Kier alpha value is -1.46. The quantitative estimate of drug-likeness (QED) is 0.675. The maximum atomic E-state index is 11.6. The first-order chi connectivity index (χ1) is 13.0. The standard InChI is InChI=1S/C25H27O2/c1-24-13-11-21-20-9-7-19(26)16-18(20)6-8-22(21)23(24)12-15-25(24,27)14-10-17-4-2-3-5-17/h2-5,7,9,16,21-23,26-27H,6,8,11-13,15H2,1H3/t21-,22-,23+,24+,25+/m1/s1. The summed E-state index contributed by atoms with van der Waals surface area (Å²) in [4.78, 5) is 0. The Morgan fingerprint density at radius 2 is 1.89 bits per heavy atom. The molecule has 0 bridgehead atoms. The van der Waals surface area contributed by atoms with Crippen LogP contribution in [0.15, 0.2) is 18.2 Å². The van der Waals surface area contributed by atoms with Gasteiger partial charge in [0.1, 0.15) is 11.4 Å². The number of aromatic hydroxyl groups is 1. The Kier molecular flexibility index (Phi) is 4.10. The molecule has 0 heterocycles. The van der Waals surface area contributed by atoms with Gasteiger partial charge in [-0.25, -0.2) is 0 Å². The zero-order chi connectivity index (χ0) is 18.6. The number of hydrogen-bond acceptors (Lipinski definition) is 2. The highest BCUT2D eigenvalue weighted by Crippen LogP contribution is 2.64. The molecule has 5 atom stereocenters. The lowest BCUT2D eigenvalue weighted by Crippen LogP contribution is -2.50. The molecule has 0 spiro atoms. The van der Waals surface area contributed by atoms with Crippen LogP contribution in [0.3, 0.4) is 0 Å². The van der Waals surface area contributed by atoms with E-state index in [0.717, 1.165) is 44.4 Å². The number of hydrogen-bond donors (Lipinski definition) is 2. The minimum Gasteiger partial charge on any atom is -0.508 e. The molecule has 2 heteroatoms. The Balaban J connectivity index is 1.43. The molecule has 0 amide bonds. The van der Waals surface area contributed by atoms with Gasteiger partial charge in [0.15, 0.2) is 0 Å². The van der Waals surface area contributed by atoms with Gasteiger partial charge in [0.2, 0.25) is 0 Å². The van der Waals surface area contributed by atoms with E-state index in [9.17, 15) is 10.2 Å². The second kappa shape index (κ2) is 6.28. The van der Waals surface area contributed by atoms with E-state index < -0.39 is 5.60 Å². The molecule has 27 heavy (non-hydrogen) atoms. The molecule has 1 aromatic carbocycles. The van der Waals surface area contributed by atoms with Crippen molar-refractivity contribution in [3.63, 3.8) is 0 Å². The van der Waals surface area contributed by atoms with Crippen molar-refractivity contribution >= 4 is 0 Å². The lowest BCUT2D eigenvalue weighted by Gasteiger charge is -2.52. The van der Waals surface area contributed by atoms with Crippen LogP contribution >= 0.6 is 0 Å². The van der Waals surface area contributed by atoms with Crippen LogP contribution in [-0.2, 0) is 6.42 Å². The molecule has 4 aliphatic carbocycles. The minimum absolute atomic E-state index is 0.123. The Morgan fingerprint density at radius 1 is 1.07 bits per heavy atom. The van der Waals surface area contributed by atoms with Gasteiger partial charge >= 0.3 is 0 Å². The van der Waals surface area contributed by atoms with Crippen molar-refractivity contribution in [2.24, 2.45) is 17.3 Å². The van der Waals surface area contributed by atoms with Gasteiger partial charge in [0.25, 0.3) is 0 Å². The van der Waals surface area contributed by atoms with E-state index in [2.05, 4.69) is 24.8 Å². The van der Waals surface area contributed by atoms with Crippen molar-refractivity contribution in [3.8, 4) is 17.6 Å². The molecule has 0 aliphatic heterocycles. The molecule has 2 nitrogen and oxygen atoms in total. The molecule has 5 radical (unpaired) electrons. The fourth-order valence-corrected chi connectivity index (χ4v) is 6.42. The van der Waals surface area contributed by atoms with Gasteiger partial charge in [-0.2, -0.15) is 0 Å².